The fraction of sp³-hybridized carbons (Fsp3) is 0.500. The first kappa shape index (κ1) is 17.4. The third-order valence-electron chi connectivity index (χ3n) is 7.00. The molecule has 2 heterocycles. The van der Waals surface area contributed by atoms with Crippen LogP contribution in [0.15, 0.2) is 60.7 Å². The van der Waals surface area contributed by atoms with Crippen LogP contribution in [0.2, 0.25) is 0 Å². The molecule has 2 aromatic carbocycles. The maximum absolute atomic E-state index is 6.16. The summed E-state index contributed by atoms with van der Waals surface area (Å²) in [5, 5.41) is 0. The number of hydrogen-bond acceptors (Lipinski definition) is 3. The molecule has 1 saturated carbocycles. The predicted molar refractivity (Wildman–Crippen MR) is 106 cm³/mol. The second kappa shape index (κ2) is 7.05. The molecule has 3 heteroatoms. The molecular weight excluding hydrogens is 334 g/mol. The van der Waals surface area contributed by atoms with Gasteiger partial charge in [0, 0.05) is 31.3 Å². The lowest BCUT2D eigenvalue weighted by Crippen LogP contribution is -2.57. The van der Waals surface area contributed by atoms with Crippen molar-refractivity contribution in [1.82, 2.24) is 4.90 Å². The van der Waals surface area contributed by atoms with Gasteiger partial charge >= 0.3 is 0 Å². The lowest BCUT2D eigenvalue weighted by atomic mass is 9.57. The van der Waals surface area contributed by atoms with Gasteiger partial charge in [-0.15, -0.1) is 0 Å². The monoisotopic (exact) mass is 363 g/mol. The molecule has 3 nitrogen and oxygen atoms in total. The molecule has 0 amide bonds. The molecule has 3 fully saturated rings. The zero-order valence-corrected chi connectivity index (χ0v) is 16.0. The lowest BCUT2D eigenvalue weighted by molar-refractivity contribution is -0.207. The number of ether oxygens (including phenoxy) is 2. The average molecular weight is 364 g/mol. The van der Waals surface area contributed by atoms with E-state index >= 15 is 0 Å². The normalized spacial score (nSPS) is 30.3. The predicted octanol–water partition coefficient (Wildman–Crippen LogP) is 4.37. The summed E-state index contributed by atoms with van der Waals surface area (Å²) < 4.78 is 12.3. The summed E-state index contributed by atoms with van der Waals surface area (Å²) in [5.41, 5.74) is 3.07. The summed E-state index contributed by atoms with van der Waals surface area (Å²) in [6, 6.07) is 22.0. The Morgan fingerprint density at radius 3 is 2.33 bits per heavy atom. The molecule has 1 aliphatic carbocycles. The molecular formula is C24H29NO2. The van der Waals surface area contributed by atoms with E-state index in [-0.39, 0.29) is 11.2 Å². The van der Waals surface area contributed by atoms with Crippen molar-refractivity contribution in [3.63, 3.8) is 0 Å². The third kappa shape index (κ3) is 3.22. The molecule has 142 valence electrons. The van der Waals surface area contributed by atoms with Crippen LogP contribution < -0.4 is 0 Å². The van der Waals surface area contributed by atoms with Crippen LogP contribution in [0.25, 0.3) is 0 Å². The minimum absolute atomic E-state index is 0.178. The van der Waals surface area contributed by atoms with Crippen LogP contribution in [0.5, 0.6) is 0 Å². The topological polar surface area (TPSA) is 21.7 Å². The molecule has 27 heavy (non-hydrogen) atoms. The highest BCUT2D eigenvalue weighted by molar-refractivity contribution is 5.30. The number of hydrogen-bond donors (Lipinski definition) is 0. The summed E-state index contributed by atoms with van der Waals surface area (Å²) in [7, 11) is 0. The van der Waals surface area contributed by atoms with Gasteiger partial charge in [0.1, 0.15) is 0 Å². The highest BCUT2D eigenvalue weighted by Crippen LogP contribution is 2.54. The Labute approximate surface area is 162 Å². The maximum Gasteiger partial charge on any atom is 0.169 e. The van der Waals surface area contributed by atoms with Gasteiger partial charge in [0.25, 0.3) is 0 Å². The molecule has 2 aromatic rings. The maximum atomic E-state index is 6.16. The Bertz CT molecular complexity index is 756. The Kier molecular flexibility index (Phi) is 4.55. The van der Waals surface area contributed by atoms with Crippen LogP contribution in [0, 0.1) is 5.92 Å². The third-order valence-corrected chi connectivity index (χ3v) is 7.00. The minimum atomic E-state index is -0.339. The molecule has 2 atom stereocenters. The van der Waals surface area contributed by atoms with Crippen molar-refractivity contribution in [2.75, 3.05) is 26.3 Å². The van der Waals surface area contributed by atoms with Crippen molar-refractivity contribution in [3.8, 4) is 0 Å². The summed E-state index contributed by atoms with van der Waals surface area (Å²) in [6.07, 6.45) is 4.41. The zero-order valence-electron chi connectivity index (χ0n) is 16.0. The van der Waals surface area contributed by atoms with Gasteiger partial charge in [-0.3, -0.25) is 4.90 Å². The van der Waals surface area contributed by atoms with E-state index in [0.717, 1.165) is 39.1 Å². The lowest BCUT2D eigenvalue weighted by Gasteiger charge is -2.55. The first-order valence-electron chi connectivity index (χ1n) is 10.4. The summed E-state index contributed by atoms with van der Waals surface area (Å²) in [4.78, 5) is 2.65. The number of rotatable bonds is 3. The van der Waals surface area contributed by atoms with Crippen molar-refractivity contribution in [1.29, 1.82) is 0 Å². The van der Waals surface area contributed by atoms with E-state index in [0.29, 0.717) is 5.92 Å². The van der Waals surface area contributed by atoms with E-state index < -0.39 is 0 Å². The van der Waals surface area contributed by atoms with Crippen LogP contribution in [-0.2, 0) is 21.4 Å². The number of nitrogens with zero attached hydrogens (tertiary/aromatic N) is 1. The summed E-state index contributed by atoms with van der Waals surface area (Å²) in [6.45, 7) is 4.85. The molecule has 3 aliphatic rings. The molecule has 0 aromatic heterocycles. The Morgan fingerprint density at radius 1 is 0.889 bits per heavy atom. The van der Waals surface area contributed by atoms with Gasteiger partial charge in [0.15, 0.2) is 5.79 Å². The number of likely N-dealkylation sites (tertiary alicyclic amines) is 1. The van der Waals surface area contributed by atoms with Gasteiger partial charge in [-0.05, 0) is 36.4 Å². The van der Waals surface area contributed by atoms with Crippen molar-refractivity contribution < 1.29 is 9.47 Å². The van der Waals surface area contributed by atoms with E-state index in [1.165, 1.54) is 30.5 Å². The van der Waals surface area contributed by atoms with Gasteiger partial charge in [0.2, 0.25) is 0 Å². The fourth-order valence-corrected chi connectivity index (χ4v) is 5.68. The number of fused-ring (bicyclic) bond motifs is 1. The van der Waals surface area contributed by atoms with Crippen LogP contribution in [-0.4, -0.2) is 37.0 Å². The van der Waals surface area contributed by atoms with Crippen LogP contribution in [0.1, 0.15) is 36.8 Å². The molecule has 0 radical (unpaired) electrons. The Morgan fingerprint density at radius 2 is 1.59 bits per heavy atom. The number of piperidine rings is 1. The molecule has 1 spiro atoms. The average Bonchev–Trinajstić information content (AvgIpc) is 3.17. The van der Waals surface area contributed by atoms with Gasteiger partial charge in [-0.1, -0.05) is 60.7 Å². The van der Waals surface area contributed by atoms with Gasteiger partial charge < -0.3 is 9.47 Å². The molecule has 5 rings (SSSR count). The SMILES string of the molecule is c1ccc(CN2CC[C@@]3(c4ccccc4)CC4(CC[C@@H]3C2)OCCO4)cc1. The zero-order chi connectivity index (χ0) is 18.2. The van der Waals surface area contributed by atoms with Gasteiger partial charge in [0.05, 0.1) is 13.2 Å². The fourth-order valence-electron chi connectivity index (χ4n) is 5.68. The van der Waals surface area contributed by atoms with E-state index in [2.05, 4.69) is 65.6 Å². The second-order valence-corrected chi connectivity index (χ2v) is 8.51. The molecule has 0 bridgehead atoms. The van der Waals surface area contributed by atoms with Crippen LogP contribution in [0.3, 0.4) is 0 Å². The number of benzene rings is 2. The van der Waals surface area contributed by atoms with E-state index in [1.54, 1.807) is 0 Å². The van der Waals surface area contributed by atoms with Gasteiger partial charge in [-0.25, -0.2) is 0 Å². The van der Waals surface area contributed by atoms with Gasteiger partial charge in [-0.2, -0.15) is 0 Å². The summed E-state index contributed by atoms with van der Waals surface area (Å²) >= 11 is 0. The van der Waals surface area contributed by atoms with E-state index in [4.69, 9.17) is 9.47 Å². The van der Waals surface area contributed by atoms with E-state index in [9.17, 15) is 0 Å². The largest absolute Gasteiger partial charge is 0.348 e. The first-order valence-corrected chi connectivity index (χ1v) is 10.4. The molecule has 0 N–H and O–H groups in total. The minimum Gasteiger partial charge on any atom is -0.348 e. The highest BCUT2D eigenvalue weighted by Gasteiger charge is 2.55. The molecule has 2 aliphatic heterocycles. The van der Waals surface area contributed by atoms with Crippen molar-refractivity contribution in [2.24, 2.45) is 5.92 Å². The highest BCUT2D eigenvalue weighted by atomic mass is 16.7. The molecule has 2 saturated heterocycles. The summed E-state index contributed by atoms with van der Waals surface area (Å²) in [5.74, 6) is 0.323. The van der Waals surface area contributed by atoms with Crippen LogP contribution in [0.4, 0.5) is 0 Å². The second-order valence-electron chi connectivity index (χ2n) is 8.51. The van der Waals surface area contributed by atoms with E-state index in [1.807, 2.05) is 0 Å². The van der Waals surface area contributed by atoms with Crippen molar-refractivity contribution >= 4 is 0 Å². The van der Waals surface area contributed by atoms with Crippen molar-refractivity contribution in [3.05, 3.63) is 71.8 Å². The Balaban J connectivity index is 1.42. The standard InChI is InChI=1S/C24H29NO2/c1-3-7-20(8-4-1)17-25-14-13-23(21-9-5-2-6-10-21)19-24(26-15-16-27-24)12-11-22(23)18-25/h1-10,22H,11-19H2/t22-,23+/m1/s1. The van der Waals surface area contributed by atoms with Crippen LogP contribution >= 0.6 is 0 Å². The molecule has 0 unspecified atom stereocenters. The Hall–Kier alpha value is -1.68. The quantitative estimate of drug-likeness (QED) is 0.808. The smallest absolute Gasteiger partial charge is 0.169 e. The van der Waals surface area contributed by atoms with Crippen molar-refractivity contribution in [2.45, 2.75) is 43.4 Å². The first-order chi connectivity index (χ1) is 13.3.